The van der Waals surface area contributed by atoms with E-state index in [1.165, 1.54) is 13.8 Å². The summed E-state index contributed by atoms with van der Waals surface area (Å²) >= 11 is 0. The Hall–Kier alpha value is -8.80. The van der Waals surface area contributed by atoms with Crippen molar-refractivity contribution in [2.75, 3.05) is 159 Å². The predicted molar refractivity (Wildman–Crippen MR) is 330 cm³/mol. The summed E-state index contributed by atoms with van der Waals surface area (Å²) in [5.74, 6) is -15.3. The monoisotopic (exact) mass is 1490 g/mol. The van der Waals surface area contributed by atoms with Crippen LogP contribution >= 0.6 is 0 Å². The number of hydrogen-bond acceptors (Lipinski definition) is 29. The van der Waals surface area contributed by atoms with E-state index < -0.39 is 148 Å². The van der Waals surface area contributed by atoms with Crippen molar-refractivity contribution in [3.8, 4) is 0 Å². The van der Waals surface area contributed by atoms with Gasteiger partial charge >= 0.3 is 89.5 Å². The number of aliphatic carboxylic acids is 15. The van der Waals surface area contributed by atoms with Crippen LogP contribution in [-0.2, 0) is 138 Å². The summed E-state index contributed by atoms with van der Waals surface area (Å²) in [4.78, 5) is 160. The number of Topliss-reactive ketones (excluding diaryl/α,β-unsaturated/α-hetero) is 1. The zero-order chi connectivity index (χ0) is 79.0. The van der Waals surface area contributed by atoms with Crippen LogP contribution in [0.5, 0.6) is 0 Å². The molecule has 0 saturated heterocycles. The van der Waals surface area contributed by atoms with Gasteiger partial charge in [-0.2, -0.15) is 0 Å². The van der Waals surface area contributed by atoms with Crippen molar-refractivity contribution in [1.29, 1.82) is 0 Å². The molecular formula is C57H98O44. The van der Waals surface area contributed by atoms with Gasteiger partial charge in [0.15, 0.2) is 12.2 Å². The van der Waals surface area contributed by atoms with Gasteiger partial charge in [-0.1, -0.05) is 19.3 Å². The van der Waals surface area contributed by atoms with Crippen LogP contribution in [0.3, 0.4) is 0 Å². The maximum atomic E-state index is 10.6. The zero-order valence-corrected chi connectivity index (χ0v) is 56.2. The van der Waals surface area contributed by atoms with Crippen LogP contribution in [0.2, 0.25) is 0 Å². The second-order valence-electron chi connectivity index (χ2n) is 18.5. The molecule has 44 nitrogen and oxygen atoms in total. The van der Waals surface area contributed by atoms with E-state index in [0.29, 0.717) is 65.1 Å². The largest absolute Gasteiger partial charge is 0.481 e. The SMILES string of the molecule is CC(=O)CCCCCOCCOCC(=O)O.CC(OCC(=O)O)C(=O)O.CC(OCCCCCC(=O)O)C(=O)O.O=C(O)CCCCCOCC(=O)O.O=C(O)COCC(=O)O.O=C(O)COCCOCC(=O)O.O=C(O)COCCOCC(=O)O.O=C(O)COCCOCCOCC(=O)O. The molecule has 101 heavy (non-hydrogen) atoms. The summed E-state index contributed by atoms with van der Waals surface area (Å²) in [5.41, 5.74) is 0. The summed E-state index contributed by atoms with van der Waals surface area (Å²) in [5, 5.41) is 122. The quantitative estimate of drug-likeness (QED) is 0.0339. The normalized spacial score (nSPS) is 10.4. The highest BCUT2D eigenvalue weighted by Crippen LogP contribution is 2.03. The fourth-order valence-corrected chi connectivity index (χ4v) is 4.86. The molecule has 0 aliphatic carbocycles. The summed E-state index contributed by atoms with van der Waals surface area (Å²) < 4.78 is 60.8. The molecular weight excluding hydrogens is 1390 g/mol. The molecule has 0 aliphatic heterocycles. The van der Waals surface area contributed by atoms with Crippen LogP contribution < -0.4 is 0 Å². The van der Waals surface area contributed by atoms with E-state index in [1.807, 2.05) is 0 Å². The number of carbonyl (C=O) groups is 16. The topological polar surface area (TPSA) is 697 Å². The maximum absolute atomic E-state index is 10.6. The van der Waals surface area contributed by atoms with Crippen LogP contribution in [0.1, 0.15) is 97.8 Å². The number of hydrogen-bond donors (Lipinski definition) is 15. The molecule has 0 heterocycles. The molecule has 590 valence electrons. The first-order chi connectivity index (χ1) is 47.3. The molecule has 0 spiro atoms. The van der Waals surface area contributed by atoms with E-state index in [1.54, 1.807) is 6.92 Å². The molecule has 2 atom stereocenters. The zero-order valence-electron chi connectivity index (χ0n) is 56.2. The minimum absolute atomic E-state index is 0.0829. The standard InChI is InChI=1S/C11H20O5.C9H16O5.C8H14O7.C8H14O5.2C6H10O6.C5H8O5.C4H6O5/c1-10(12)5-3-2-4-6-15-7-8-16-9-11(13)14;1-7(9(12)13)14-6-4-2-3-5-8(10)11;9-7(10)5-14-3-1-13-2-4-15-6-8(11)12;9-7(10)4-2-1-3-5-13-6-8(11)12;2*7-5(8)3-11-1-2-12-4-6(9)10;1-3(5(8)9)10-2-4(6)7;5-3(6)1-9-2-4(7)8/h2-9H2,1H3,(H,13,14);7H,2-6H2,1H3,(H,10,11)(H,12,13);1-6H2,(H,9,10)(H,11,12);1-6H2,(H,9,10)(H,11,12);2*1-4H2,(H,7,8)(H,9,10);3H,2H2,1H3,(H,6,7)(H,8,9);1-2H2,(H,5,6)(H,7,8). The van der Waals surface area contributed by atoms with E-state index in [-0.39, 0.29) is 97.9 Å². The number of ketones is 1. The van der Waals surface area contributed by atoms with Crippen LogP contribution in [-0.4, -0.2) is 343 Å². The summed E-state index contributed by atoms with van der Waals surface area (Å²) in [7, 11) is 0. The van der Waals surface area contributed by atoms with Crippen LogP contribution in [0.25, 0.3) is 0 Å². The van der Waals surface area contributed by atoms with Crippen molar-refractivity contribution < 1.29 is 215 Å². The summed E-state index contributed by atoms with van der Waals surface area (Å²) in [6.45, 7) is 3.13. The Morgan fingerprint density at radius 1 is 0.208 bits per heavy atom. The molecule has 2 unspecified atom stereocenters. The second kappa shape index (κ2) is 83.6. The Labute approximate surface area is 577 Å². The Bertz CT molecular complexity index is 2080. The third-order valence-corrected chi connectivity index (χ3v) is 9.17. The Balaban J connectivity index is -0.000000164. The third kappa shape index (κ3) is 139. The average molecular weight is 1490 g/mol. The van der Waals surface area contributed by atoms with Gasteiger partial charge in [0.05, 0.1) is 66.1 Å². The van der Waals surface area contributed by atoms with Crippen LogP contribution in [0.4, 0.5) is 0 Å². The summed E-state index contributed by atoms with van der Waals surface area (Å²) in [6, 6.07) is 0. The molecule has 44 heteroatoms. The third-order valence-electron chi connectivity index (χ3n) is 9.17. The van der Waals surface area contributed by atoms with Gasteiger partial charge in [0.1, 0.15) is 78.5 Å². The lowest BCUT2D eigenvalue weighted by Gasteiger charge is -2.07. The van der Waals surface area contributed by atoms with Crippen molar-refractivity contribution >= 4 is 95.3 Å². The van der Waals surface area contributed by atoms with Crippen molar-refractivity contribution in [1.82, 2.24) is 0 Å². The lowest BCUT2D eigenvalue weighted by Crippen LogP contribution is -2.23. The number of carboxylic acids is 15. The van der Waals surface area contributed by atoms with Crippen LogP contribution in [0, 0.1) is 0 Å². The Kier molecular flexibility index (Phi) is 89.6. The highest BCUT2D eigenvalue weighted by molar-refractivity contribution is 5.75. The number of carboxylic acid groups (broad SMARTS) is 15. The lowest BCUT2D eigenvalue weighted by molar-refractivity contribution is -0.155. The van der Waals surface area contributed by atoms with Gasteiger partial charge in [-0.25, -0.2) is 62.3 Å². The summed E-state index contributed by atoms with van der Waals surface area (Å²) in [6.07, 6.45) is 6.08. The minimum atomic E-state index is -1.17. The van der Waals surface area contributed by atoms with Crippen LogP contribution in [0.15, 0.2) is 0 Å². The highest BCUT2D eigenvalue weighted by atomic mass is 16.6. The fourth-order valence-electron chi connectivity index (χ4n) is 4.86. The molecule has 0 bridgehead atoms. The Morgan fingerprint density at radius 3 is 0.644 bits per heavy atom. The first kappa shape index (κ1) is 108. The van der Waals surface area contributed by atoms with Crippen molar-refractivity contribution in [2.24, 2.45) is 0 Å². The van der Waals surface area contributed by atoms with Crippen molar-refractivity contribution in [2.45, 2.75) is 110 Å². The van der Waals surface area contributed by atoms with Gasteiger partial charge in [-0.15, -0.1) is 0 Å². The van der Waals surface area contributed by atoms with Gasteiger partial charge in [0.2, 0.25) is 0 Å². The van der Waals surface area contributed by atoms with Gasteiger partial charge in [-0.05, 0) is 59.3 Å². The molecule has 0 aromatic heterocycles. The molecule has 0 fully saturated rings. The molecule has 0 aromatic rings. The smallest absolute Gasteiger partial charge is 0.332 e. The highest BCUT2D eigenvalue weighted by Gasteiger charge is 2.13. The first-order valence-corrected chi connectivity index (χ1v) is 29.7. The molecule has 15 N–H and O–H groups in total. The number of unbranched alkanes of at least 4 members (excludes halogenated alkanes) is 6. The molecule has 0 amide bonds. The fraction of sp³-hybridized carbons (Fsp3) is 0.719. The van der Waals surface area contributed by atoms with Crippen molar-refractivity contribution in [3.05, 3.63) is 0 Å². The average Bonchev–Trinajstić information content (AvgIpc) is 1.58. The molecule has 0 radical (unpaired) electrons. The van der Waals surface area contributed by atoms with Gasteiger partial charge in [-0.3, -0.25) is 9.59 Å². The van der Waals surface area contributed by atoms with E-state index in [2.05, 4.69) is 37.9 Å². The van der Waals surface area contributed by atoms with Crippen molar-refractivity contribution in [3.63, 3.8) is 0 Å². The van der Waals surface area contributed by atoms with E-state index in [9.17, 15) is 76.7 Å². The number of carbonyl (C=O) groups excluding carboxylic acids is 1. The maximum Gasteiger partial charge on any atom is 0.332 e. The second-order valence-corrected chi connectivity index (χ2v) is 18.5. The molecule has 0 rings (SSSR count). The molecule has 0 aromatic carbocycles. The van der Waals surface area contributed by atoms with E-state index in [0.717, 1.165) is 32.1 Å². The minimum Gasteiger partial charge on any atom is -0.481 e. The van der Waals surface area contributed by atoms with Gasteiger partial charge in [0.25, 0.3) is 0 Å². The molecule has 0 saturated carbocycles. The molecule has 0 aliphatic rings. The van der Waals surface area contributed by atoms with E-state index in [4.69, 9.17) is 100 Å². The number of ether oxygens (including phenoxy) is 13. The number of rotatable bonds is 59. The van der Waals surface area contributed by atoms with Gasteiger partial charge in [0, 0.05) is 39.1 Å². The predicted octanol–water partition coefficient (Wildman–Crippen LogP) is -0.577. The Morgan fingerprint density at radius 2 is 0.406 bits per heavy atom. The lowest BCUT2D eigenvalue weighted by atomic mass is 10.1. The van der Waals surface area contributed by atoms with Gasteiger partial charge < -0.3 is 143 Å². The first-order valence-electron chi connectivity index (χ1n) is 29.7. The van der Waals surface area contributed by atoms with E-state index >= 15 is 0 Å².